The van der Waals surface area contributed by atoms with Crippen LogP contribution in [-0.4, -0.2) is 64.0 Å². The Morgan fingerprint density at radius 1 is 1.22 bits per heavy atom. The lowest BCUT2D eigenvalue weighted by atomic mass is 9.72. The molecule has 2 amide bonds. The number of rotatable bonds is 5. The molecule has 1 atom stereocenters. The lowest BCUT2D eigenvalue weighted by Crippen LogP contribution is -2.54. The Balaban J connectivity index is 1.56. The number of hydrogen-bond donors (Lipinski definition) is 1. The summed E-state index contributed by atoms with van der Waals surface area (Å²) in [6, 6.07) is 3.99. The van der Waals surface area contributed by atoms with E-state index in [-0.39, 0.29) is 23.1 Å². The van der Waals surface area contributed by atoms with Gasteiger partial charge in [0.1, 0.15) is 6.10 Å². The highest BCUT2D eigenvalue weighted by Crippen LogP contribution is 2.40. The van der Waals surface area contributed by atoms with Crippen molar-refractivity contribution in [1.29, 1.82) is 0 Å². The molecule has 3 rings (SSSR count). The summed E-state index contributed by atoms with van der Waals surface area (Å²) < 4.78 is 0. The van der Waals surface area contributed by atoms with Crippen molar-refractivity contribution >= 4 is 11.8 Å². The standard InChI is InChI=1S/C21H31N3O3/c1-16(2)19(26)20(27)23-13-8-21(9-14-23)7-3-18(25)24(15-21)12-6-17-4-10-22-11-5-17/h4-5,10-11,16,19,26H,3,6-9,12-15H2,1-2H3. The second kappa shape index (κ2) is 8.38. The van der Waals surface area contributed by atoms with Gasteiger partial charge >= 0.3 is 0 Å². The van der Waals surface area contributed by atoms with Gasteiger partial charge in [0.15, 0.2) is 0 Å². The Bertz CT molecular complexity index is 654. The Labute approximate surface area is 161 Å². The Hall–Kier alpha value is -1.95. The number of pyridine rings is 1. The first-order chi connectivity index (χ1) is 12.9. The van der Waals surface area contributed by atoms with E-state index >= 15 is 0 Å². The molecule has 27 heavy (non-hydrogen) atoms. The molecule has 1 N–H and O–H groups in total. The van der Waals surface area contributed by atoms with Crippen LogP contribution in [0.2, 0.25) is 0 Å². The summed E-state index contributed by atoms with van der Waals surface area (Å²) in [7, 11) is 0. The first-order valence-corrected chi connectivity index (χ1v) is 10.0. The van der Waals surface area contributed by atoms with E-state index in [0.717, 1.165) is 38.8 Å². The predicted molar refractivity (Wildman–Crippen MR) is 103 cm³/mol. The number of carbonyl (C=O) groups excluding carboxylic acids is 2. The maximum atomic E-state index is 12.4. The lowest BCUT2D eigenvalue weighted by molar-refractivity contribution is -0.148. The molecular formula is C21H31N3O3. The summed E-state index contributed by atoms with van der Waals surface area (Å²) in [6.07, 6.45) is 6.82. The van der Waals surface area contributed by atoms with Crippen LogP contribution < -0.4 is 0 Å². The number of aliphatic hydroxyl groups excluding tert-OH is 1. The fraction of sp³-hybridized carbons (Fsp3) is 0.667. The minimum Gasteiger partial charge on any atom is -0.383 e. The molecule has 6 heteroatoms. The molecule has 0 aliphatic carbocycles. The van der Waals surface area contributed by atoms with Gasteiger partial charge in [0.25, 0.3) is 5.91 Å². The largest absolute Gasteiger partial charge is 0.383 e. The van der Waals surface area contributed by atoms with Crippen LogP contribution >= 0.6 is 0 Å². The molecule has 148 valence electrons. The molecule has 2 saturated heterocycles. The molecule has 1 unspecified atom stereocenters. The molecule has 6 nitrogen and oxygen atoms in total. The van der Waals surface area contributed by atoms with E-state index in [1.807, 2.05) is 30.9 Å². The second-order valence-electron chi connectivity index (χ2n) is 8.43. The fourth-order valence-corrected chi connectivity index (χ4v) is 4.20. The van der Waals surface area contributed by atoms with Gasteiger partial charge in [-0.2, -0.15) is 0 Å². The zero-order valence-corrected chi connectivity index (χ0v) is 16.4. The number of hydrogen-bond acceptors (Lipinski definition) is 4. The summed E-state index contributed by atoms with van der Waals surface area (Å²) >= 11 is 0. The van der Waals surface area contributed by atoms with Gasteiger partial charge < -0.3 is 14.9 Å². The Kier molecular flexibility index (Phi) is 6.15. The van der Waals surface area contributed by atoms with E-state index in [1.54, 1.807) is 17.3 Å². The Morgan fingerprint density at radius 3 is 2.52 bits per heavy atom. The van der Waals surface area contributed by atoms with Gasteiger partial charge in [-0.3, -0.25) is 14.6 Å². The molecule has 3 heterocycles. The van der Waals surface area contributed by atoms with Crippen molar-refractivity contribution in [3.8, 4) is 0 Å². The van der Waals surface area contributed by atoms with Crippen LogP contribution in [0.5, 0.6) is 0 Å². The van der Waals surface area contributed by atoms with Gasteiger partial charge in [-0.25, -0.2) is 0 Å². The first kappa shape index (κ1) is 19.8. The molecule has 0 saturated carbocycles. The highest BCUT2D eigenvalue weighted by molar-refractivity contribution is 5.81. The van der Waals surface area contributed by atoms with Gasteiger partial charge in [0, 0.05) is 45.0 Å². The molecule has 1 aromatic heterocycles. The first-order valence-electron chi connectivity index (χ1n) is 10.0. The Morgan fingerprint density at radius 2 is 1.89 bits per heavy atom. The van der Waals surface area contributed by atoms with Crippen LogP contribution in [0, 0.1) is 11.3 Å². The van der Waals surface area contributed by atoms with Crippen molar-refractivity contribution in [2.75, 3.05) is 26.2 Å². The number of carbonyl (C=O) groups is 2. The van der Waals surface area contributed by atoms with Crippen molar-refractivity contribution in [2.24, 2.45) is 11.3 Å². The third-order valence-electron chi connectivity index (χ3n) is 6.19. The predicted octanol–water partition coefficient (Wildman–Crippen LogP) is 1.87. The van der Waals surface area contributed by atoms with Gasteiger partial charge in [-0.15, -0.1) is 0 Å². The van der Waals surface area contributed by atoms with Crippen LogP contribution in [0.1, 0.15) is 45.1 Å². The number of aromatic nitrogens is 1. The van der Waals surface area contributed by atoms with E-state index in [2.05, 4.69) is 4.98 Å². The maximum absolute atomic E-state index is 12.4. The second-order valence-corrected chi connectivity index (χ2v) is 8.43. The van der Waals surface area contributed by atoms with Crippen molar-refractivity contribution in [1.82, 2.24) is 14.8 Å². The van der Waals surface area contributed by atoms with Gasteiger partial charge in [0.2, 0.25) is 5.91 Å². The van der Waals surface area contributed by atoms with Crippen LogP contribution in [0.4, 0.5) is 0 Å². The number of aliphatic hydroxyl groups is 1. The van der Waals surface area contributed by atoms with Crippen molar-refractivity contribution in [3.05, 3.63) is 30.1 Å². The van der Waals surface area contributed by atoms with Gasteiger partial charge in [-0.05, 0) is 54.7 Å². The summed E-state index contributed by atoms with van der Waals surface area (Å²) in [5.41, 5.74) is 1.31. The van der Waals surface area contributed by atoms with Crippen molar-refractivity contribution < 1.29 is 14.7 Å². The topological polar surface area (TPSA) is 73.7 Å². The molecular weight excluding hydrogens is 342 g/mol. The van der Waals surface area contributed by atoms with Gasteiger partial charge in [0.05, 0.1) is 0 Å². The van der Waals surface area contributed by atoms with Crippen LogP contribution in [0.25, 0.3) is 0 Å². The maximum Gasteiger partial charge on any atom is 0.251 e. The summed E-state index contributed by atoms with van der Waals surface area (Å²) in [4.78, 5) is 32.6. The number of amides is 2. The fourth-order valence-electron chi connectivity index (χ4n) is 4.20. The van der Waals surface area contributed by atoms with Crippen LogP contribution in [0.15, 0.2) is 24.5 Å². The van der Waals surface area contributed by atoms with E-state index < -0.39 is 6.10 Å². The zero-order valence-electron chi connectivity index (χ0n) is 16.4. The number of nitrogens with zero attached hydrogens (tertiary/aromatic N) is 3. The number of piperidine rings is 2. The quantitative estimate of drug-likeness (QED) is 0.855. The molecule has 1 spiro atoms. The monoisotopic (exact) mass is 373 g/mol. The van der Waals surface area contributed by atoms with Crippen molar-refractivity contribution in [2.45, 2.75) is 52.1 Å². The van der Waals surface area contributed by atoms with Crippen LogP contribution in [0.3, 0.4) is 0 Å². The lowest BCUT2D eigenvalue weighted by Gasteiger charge is -2.47. The smallest absolute Gasteiger partial charge is 0.251 e. The summed E-state index contributed by atoms with van der Waals surface area (Å²) in [5.74, 6) is 0.0223. The SMILES string of the molecule is CC(C)C(O)C(=O)N1CCC2(CCC(=O)N(CCc3ccncc3)C2)CC1. The minimum atomic E-state index is -0.913. The highest BCUT2D eigenvalue weighted by Gasteiger charge is 2.42. The van der Waals surface area contributed by atoms with Crippen molar-refractivity contribution in [3.63, 3.8) is 0 Å². The average Bonchev–Trinajstić information content (AvgIpc) is 2.69. The van der Waals surface area contributed by atoms with Crippen LogP contribution in [-0.2, 0) is 16.0 Å². The summed E-state index contributed by atoms with van der Waals surface area (Å²) in [6.45, 7) is 6.60. The minimum absolute atomic E-state index is 0.0654. The molecule has 0 aromatic carbocycles. The van der Waals surface area contributed by atoms with E-state index in [9.17, 15) is 14.7 Å². The van der Waals surface area contributed by atoms with E-state index in [0.29, 0.717) is 19.5 Å². The third kappa shape index (κ3) is 4.67. The summed E-state index contributed by atoms with van der Waals surface area (Å²) in [5, 5.41) is 10.1. The molecule has 0 bridgehead atoms. The normalized spacial score (nSPS) is 21.0. The van der Waals surface area contributed by atoms with Gasteiger partial charge in [-0.1, -0.05) is 13.8 Å². The van der Waals surface area contributed by atoms with E-state index in [1.165, 1.54) is 5.56 Å². The average molecular weight is 373 g/mol. The molecule has 2 aliphatic heterocycles. The number of likely N-dealkylation sites (tertiary alicyclic amines) is 2. The molecule has 0 radical (unpaired) electrons. The highest BCUT2D eigenvalue weighted by atomic mass is 16.3. The molecule has 2 fully saturated rings. The molecule has 1 aromatic rings. The third-order valence-corrected chi connectivity index (χ3v) is 6.19. The van der Waals surface area contributed by atoms with E-state index in [4.69, 9.17) is 0 Å². The zero-order chi connectivity index (χ0) is 19.4. The molecule has 2 aliphatic rings.